The normalized spacial score (nSPS) is 13.5. The number of hydrogen-bond acceptors (Lipinski definition) is 1. The standard InChI is InChI=1S/C21H36O2/c1-3-4-5-6-7-8-9-10-11-12-13-14-15-16-17-18-19-20(2)21(22)23/h4-5,7-8,10-11,20H,3,6,9,12-19H2,1-2H3,(H,22,23)/b5-4-,8-7-,11-10-. The van der Waals surface area contributed by atoms with Gasteiger partial charge in [0.15, 0.2) is 0 Å². The molecule has 0 fully saturated rings. The second-order valence-electron chi connectivity index (χ2n) is 6.23. The molecular weight excluding hydrogens is 284 g/mol. The summed E-state index contributed by atoms with van der Waals surface area (Å²) in [6.45, 7) is 3.95. The average Bonchev–Trinajstić information content (AvgIpc) is 2.54. The molecule has 2 nitrogen and oxygen atoms in total. The first-order chi connectivity index (χ1) is 11.2. The number of rotatable bonds is 15. The fraction of sp³-hybridized carbons (Fsp3) is 0.667. The Labute approximate surface area is 143 Å². The van der Waals surface area contributed by atoms with E-state index in [-0.39, 0.29) is 5.92 Å². The Kier molecular flexibility index (Phi) is 16.1. The van der Waals surface area contributed by atoms with Gasteiger partial charge < -0.3 is 5.11 Å². The zero-order chi connectivity index (χ0) is 17.2. The lowest BCUT2D eigenvalue weighted by molar-refractivity contribution is -0.141. The molecule has 0 aliphatic rings. The number of allylic oxidation sites excluding steroid dienone is 6. The molecule has 1 unspecified atom stereocenters. The first-order valence-corrected chi connectivity index (χ1v) is 9.36. The maximum Gasteiger partial charge on any atom is 0.306 e. The molecule has 0 saturated heterocycles. The monoisotopic (exact) mass is 320 g/mol. The number of carboxylic acid groups (broad SMARTS) is 1. The van der Waals surface area contributed by atoms with Crippen molar-refractivity contribution in [3.8, 4) is 0 Å². The summed E-state index contributed by atoms with van der Waals surface area (Å²) in [6.07, 6.45) is 25.9. The van der Waals surface area contributed by atoms with E-state index in [0.29, 0.717) is 0 Å². The molecule has 0 bridgehead atoms. The van der Waals surface area contributed by atoms with Gasteiger partial charge in [-0.25, -0.2) is 0 Å². The van der Waals surface area contributed by atoms with Gasteiger partial charge in [-0.2, -0.15) is 0 Å². The summed E-state index contributed by atoms with van der Waals surface area (Å²) in [4.78, 5) is 10.7. The van der Waals surface area contributed by atoms with E-state index in [2.05, 4.69) is 43.4 Å². The molecule has 0 aromatic carbocycles. The average molecular weight is 321 g/mol. The predicted octanol–water partition coefficient (Wildman–Crippen LogP) is 6.69. The van der Waals surface area contributed by atoms with Crippen LogP contribution in [0.25, 0.3) is 0 Å². The van der Waals surface area contributed by atoms with Crippen molar-refractivity contribution in [2.45, 2.75) is 84.5 Å². The molecule has 0 aliphatic heterocycles. The highest BCUT2D eigenvalue weighted by Gasteiger charge is 2.09. The quantitative estimate of drug-likeness (QED) is 0.270. The molecule has 0 rings (SSSR count). The highest BCUT2D eigenvalue weighted by atomic mass is 16.4. The van der Waals surface area contributed by atoms with E-state index in [4.69, 9.17) is 5.11 Å². The van der Waals surface area contributed by atoms with Gasteiger partial charge in [-0.3, -0.25) is 4.79 Å². The summed E-state index contributed by atoms with van der Waals surface area (Å²) in [5.41, 5.74) is 0. The van der Waals surface area contributed by atoms with Crippen LogP contribution in [0.1, 0.15) is 84.5 Å². The molecule has 0 aromatic heterocycles. The van der Waals surface area contributed by atoms with E-state index in [1.54, 1.807) is 6.92 Å². The van der Waals surface area contributed by atoms with Crippen LogP contribution in [-0.2, 0) is 4.79 Å². The minimum Gasteiger partial charge on any atom is -0.481 e. The van der Waals surface area contributed by atoms with Crippen molar-refractivity contribution < 1.29 is 9.90 Å². The van der Waals surface area contributed by atoms with E-state index in [1.807, 2.05) is 0 Å². The van der Waals surface area contributed by atoms with Gasteiger partial charge in [-0.15, -0.1) is 0 Å². The molecule has 0 spiro atoms. The van der Waals surface area contributed by atoms with Crippen LogP contribution in [0, 0.1) is 5.92 Å². The smallest absolute Gasteiger partial charge is 0.306 e. The molecule has 0 radical (unpaired) electrons. The first kappa shape index (κ1) is 21.7. The maximum absolute atomic E-state index is 10.7. The van der Waals surface area contributed by atoms with E-state index in [0.717, 1.165) is 32.1 Å². The number of aliphatic carboxylic acids is 1. The first-order valence-electron chi connectivity index (χ1n) is 9.36. The van der Waals surface area contributed by atoms with Crippen LogP contribution in [0.4, 0.5) is 0 Å². The fourth-order valence-corrected chi connectivity index (χ4v) is 2.37. The molecule has 0 amide bonds. The molecule has 132 valence electrons. The van der Waals surface area contributed by atoms with Crippen molar-refractivity contribution in [1.82, 2.24) is 0 Å². The Morgan fingerprint density at radius 1 is 0.826 bits per heavy atom. The van der Waals surface area contributed by atoms with Gasteiger partial charge in [0.1, 0.15) is 0 Å². The summed E-state index contributed by atoms with van der Waals surface area (Å²) < 4.78 is 0. The molecule has 1 atom stereocenters. The Morgan fingerprint density at radius 3 is 1.96 bits per heavy atom. The Morgan fingerprint density at radius 2 is 1.35 bits per heavy atom. The minimum atomic E-state index is -0.663. The summed E-state index contributed by atoms with van der Waals surface area (Å²) >= 11 is 0. The van der Waals surface area contributed by atoms with Crippen molar-refractivity contribution in [3.63, 3.8) is 0 Å². The predicted molar refractivity (Wildman–Crippen MR) is 101 cm³/mol. The highest BCUT2D eigenvalue weighted by Crippen LogP contribution is 2.12. The van der Waals surface area contributed by atoms with Crippen LogP contribution in [0.15, 0.2) is 36.5 Å². The van der Waals surface area contributed by atoms with Crippen molar-refractivity contribution in [2.24, 2.45) is 5.92 Å². The molecule has 0 aromatic rings. The lowest BCUT2D eigenvalue weighted by Gasteiger charge is -2.05. The maximum atomic E-state index is 10.7. The molecule has 0 saturated carbocycles. The van der Waals surface area contributed by atoms with Gasteiger partial charge in [0.05, 0.1) is 5.92 Å². The number of unbranched alkanes of at least 4 members (excludes halogenated alkanes) is 6. The minimum absolute atomic E-state index is 0.183. The van der Waals surface area contributed by atoms with Gasteiger partial charge >= 0.3 is 5.97 Å². The highest BCUT2D eigenvalue weighted by molar-refractivity contribution is 5.69. The van der Waals surface area contributed by atoms with Crippen LogP contribution < -0.4 is 0 Å². The molecule has 2 heteroatoms. The lowest BCUT2D eigenvalue weighted by atomic mass is 10.0. The van der Waals surface area contributed by atoms with Gasteiger partial charge in [0.25, 0.3) is 0 Å². The van der Waals surface area contributed by atoms with E-state index < -0.39 is 5.97 Å². The number of hydrogen-bond donors (Lipinski definition) is 1. The van der Waals surface area contributed by atoms with Crippen LogP contribution in [0.2, 0.25) is 0 Å². The second kappa shape index (κ2) is 17.1. The largest absolute Gasteiger partial charge is 0.481 e. The van der Waals surface area contributed by atoms with Crippen molar-refractivity contribution in [2.75, 3.05) is 0 Å². The third-order valence-electron chi connectivity index (χ3n) is 3.96. The second-order valence-corrected chi connectivity index (χ2v) is 6.23. The topological polar surface area (TPSA) is 37.3 Å². The van der Waals surface area contributed by atoms with Gasteiger partial charge in [-0.1, -0.05) is 82.4 Å². The van der Waals surface area contributed by atoms with Gasteiger partial charge in [-0.05, 0) is 38.5 Å². The molecule has 1 N–H and O–H groups in total. The Hall–Kier alpha value is -1.31. The van der Waals surface area contributed by atoms with Crippen LogP contribution in [0.5, 0.6) is 0 Å². The zero-order valence-electron chi connectivity index (χ0n) is 15.2. The molecule has 0 aliphatic carbocycles. The summed E-state index contributed by atoms with van der Waals surface area (Å²) in [7, 11) is 0. The molecule has 23 heavy (non-hydrogen) atoms. The summed E-state index contributed by atoms with van der Waals surface area (Å²) in [6, 6.07) is 0. The molecular formula is C21H36O2. The van der Waals surface area contributed by atoms with Gasteiger partial charge in [0.2, 0.25) is 0 Å². The van der Waals surface area contributed by atoms with Gasteiger partial charge in [0, 0.05) is 0 Å². The number of carboxylic acids is 1. The van der Waals surface area contributed by atoms with Crippen LogP contribution >= 0.6 is 0 Å². The summed E-state index contributed by atoms with van der Waals surface area (Å²) in [5, 5.41) is 8.79. The van der Waals surface area contributed by atoms with Crippen molar-refractivity contribution >= 4 is 5.97 Å². The summed E-state index contributed by atoms with van der Waals surface area (Å²) in [5.74, 6) is -0.846. The number of carbonyl (C=O) groups is 1. The SMILES string of the molecule is CC/C=C\C/C=C\C/C=C\CCCCCCCCC(C)C(=O)O. The van der Waals surface area contributed by atoms with Crippen molar-refractivity contribution in [1.29, 1.82) is 0 Å². The van der Waals surface area contributed by atoms with E-state index in [9.17, 15) is 4.79 Å². The Bertz CT molecular complexity index is 353. The van der Waals surface area contributed by atoms with Crippen LogP contribution in [0.3, 0.4) is 0 Å². The molecule has 0 heterocycles. The van der Waals surface area contributed by atoms with Crippen molar-refractivity contribution in [3.05, 3.63) is 36.5 Å². The fourth-order valence-electron chi connectivity index (χ4n) is 2.37. The third-order valence-corrected chi connectivity index (χ3v) is 3.96. The lowest BCUT2D eigenvalue weighted by Crippen LogP contribution is -2.08. The Balaban J connectivity index is 3.28. The third kappa shape index (κ3) is 16.9. The van der Waals surface area contributed by atoms with E-state index >= 15 is 0 Å². The van der Waals surface area contributed by atoms with E-state index in [1.165, 1.54) is 38.5 Å². The van der Waals surface area contributed by atoms with Crippen LogP contribution in [-0.4, -0.2) is 11.1 Å². The zero-order valence-corrected chi connectivity index (χ0v) is 15.2.